The van der Waals surface area contributed by atoms with E-state index in [1.54, 1.807) is 12.1 Å². The van der Waals surface area contributed by atoms with Gasteiger partial charge in [-0.05, 0) is 70.0 Å². The highest BCUT2D eigenvalue weighted by Gasteiger charge is 2.14. The maximum atomic E-state index is 9.91. The van der Waals surface area contributed by atoms with Crippen molar-refractivity contribution in [3.63, 3.8) is 0 Å². The Labute approximate surface area is 165 Å². The number of rotatable bonds is 5. The molecule has 28 heavy (non-hydrogen) atoms. The van der Waals surface area contributed by atoms with Gasteiger partial charge >= 0.3 is 0 Å². The molecule has 0 amide bonds. The van der Waals surface area contributed by atoms with Crippen LogP contribution < -0.4 is 0 Å². The molecule has 4 aromatic carbocycles. The van der Waals surface area contributed by atoms with E-state index in [9.17, 15) is 10.2 Å². The number of benzene rings is 4. The molecule has 0 spiro atoms. The number of fused-ring (bicyclic) bond motifs is 1. The minimum absolute atomic E-state index is 0.0698. The van der Waals surface area contributed by atoms with E-state index in [4.69, 9.17) is 0 Å². The highest BCUT2D eigenvalue weighted by Crippen LogP contribution is 2.34. The topological polar surface area (TPSA) is 40.5 Å². The summed E-state index contributed by atoms with van der Waals surface area (Å²) in [6.45, 7) is 2.23. The molecule has 0 heterocycles. The van der Waals surface area contributed by atoms with E-state index in [-0.39, 0.29) is 11.5 Å². The molecule has 2 N–H and O–H groups in total. The van der Waals surface area contributed by atoms with Gasteiger partial charge in [0.25, 0.3) is 0 Å². The van der Waals surface area contributed by atoms with E-state index in [2.05, 4.69) is 67.6 Å². The second-order valence-electron chi connectivity index (χ2n) is 7.31. The minimum Gasteiger partial charge on any atom is -0.508 e. The Balaban J connectivity index is 1.82. The molecule has 4 rings (SSSR count). The molecule has 0 aliphatic rings. The average molecular weight is 368 g/mol. The van der Waals surface area contributed by atoms with Gasteiger partial charge in [0.05, 0.1) is 0 Å². The van der Waals surface area contributed by atoms with Crippen molar-refractivity contribution in [3.05, 3.63) is 96.1 Å². The molecule has 0 radical (unpaired) electrons. The first-order valence-corrected chi connectivity index (χ1v) is 9.74. The van der Waals surface area contributed by atoms with E-state index in [0.717, 1.165) is 24.0 Å². The third-order valence-corrected chi connectivity index (χ3v) is 5.41. The van der Waals surface area contributed by atoms with Gasteiger partial charge in [-0.15, -0.1) is 0 Å². The summed E-state index contributed by atoms with van der Waals surface area (Å²) in [5.41, 5.74) is 4.46. The monoisotopic (exact) mass is 368 g/mol. The van der Waals surface area contributed by atoms with Crippen molar-refractivity contribution in [1.29, 1.82) is 0 Å². The maximum Gasteiger partial charge on any atom is 0.119 e. The van der Waals surface area contributed by atoms with Crippen LogP contribution in [0.25, 0.3) is 21.9 Å². The first kappa shape index (κ1) is 18.1. The first-order valence-electron chi connectivity index (χ1n) is 9.74. The number of aromatic hydroxyl groups is 2. The molecule has 2 nitrogen and oxygen atoms in total. The molecule has 2 heteroatoms. The molecule has 0 aliphatic carbocycles. The second-order valence-corrected chi connectivity index (χ2v) is 7.31. The zero-order valence-electron chi connectivity index (χ0n) is 16.0. The number of phenolic OH excluding ortho intramolecular Hbond substituents is 2. The number of hydrogen-bond donors (Lipinski definition) is 2. The van der Waals surface area contributed by atoms with Crippen molar-refractivity contribution in [1.82, 2.24) is 0 Å². The van der Waals surface area contributed by atoms with Crippen LogP contribution in [0.5, 0.6) is 11.5 Å². The SMILES string of the molecule is CCC(Cc1cc(-c2cc(O)cc(O)c2)cc2ccccc12)c1ccccc1. The van der Waals surface area contributed by atoms with Crippen LogP contribution in [-0.4, -0.2) is 10.2 Å². The van der Waals surface area contributed by atoms with Gasteiger partial charge in [0.2, 0.25) is 0 Å². The summed E-state index contributed by atoms with van der Waals surface area (Å²) < 4.78 is 0. The van der Waals surface area contributed by atoms with Gasteiger partial charge in [0, 0.05) is 6.07 Å². The van der Waals surface area contributed by atoms with Crippen LogP contribution in [0.4, 0.5) is 0 Å². The lowest BCUT2D eigenvalue weighted by atomic mass is 9.86. The van der Waals surface area contributed by atoms with E-state index in [1.165, 1.54) is 28.0 Å². The predicted molar refractivity (Wildman–Crippen MR) is 116 cm³/mol. The first-order chi connectivity index (χ1) is 13.6. The van der Waals surface area contributed by atoms with Gasteiger partial charge in [-0.25, -0.2) is 0 Å². The molecule has 1 atom stereocenters. The van der Waals surface area contributed by atoms with Crippen LogP contribution in [0.3, 0.4) is 0 Å². The molecule has 1 unspecified atom stereocenters. The van der Waals surface area contributed by atoms with Gasteiger partial charge in [0.15, 0.2) is 0 Å². The lowest BCUT2D eigenvalue weighted by Gasteiger charge is -2.18. The zero-order chi connectivity index (χ0) is 19.5. The molecule has 0 saturated heterocycles. The normalized spacial score (nSPS) is 12.2. The quantitative estimate of drug-likeness (QED) is 0.414. The highest BCUT2D eigenvalue weighted by molar-refractivity contribution is 5.90. The molecule has 140 valence electrons. The summed E-state index contributed by atoms with van der Waals surface area (Å²) in [7, 11) is 0. The van der Waals surface area contributed by atoms with Gasteiger partial charge in [-0.1, -0.05) is 67.6 Å². The summed E-state index contributed by atoms with van der Waals surface area (Å²) in [5, 5.41) is 22.2. The van der Waals surface area contributed by atoms with Crippen molar-refractivity contribution in [2.45, 2.75) is 25.7 Å². The zero-order valence-corrected chi connectivity index (χ0v) is 16.0. The van der Waals surface area contributed by atoms with Crippen LogP contribution in [0.2, 0.25) is 0 Å². The van der Waals surface area contributed by atoms with E-state index in [1.807, 2.05) is 6.07 Å². The van der Waals surface area contributed by atoms with Crippen molar-refractivity contribution >= 4 is 10.8 Å². The molecule has 0 bridgehead atoms. The second kappa shape index (κ2) is 7.77. The number of phenols is 2. The van der Waals surface area contributed by atoms with E-state index >= 15 is 0 Å². The van der Waals surface area contributed by atoms with Crippen LogP contribution >= 0.6 is 0 Å². The van der Waals surface area contributed by atoms with Gasteiger partial charge in [-0.2, -0.15) is 0 Å². The standard InChI is InChI=1S/C26H24O2/c1-2-18(19-8-4-3-5-9-19)12-23-14-21(13-20-10-6-7-11-26(20)23)22-15-24(27)17-25(28)16-22/h3-11,13-18,27-28H,2,12H2,1H3. The smallest absolute Gasteiger partial charge is 0.119 e. The summed E-state index contributed by atoms with van der Waals surface area (Å²) in [5.74, 6) is 0.582. The largest absolute Gasteiger partial charge is 0.508 e. The molecule has 0 aromatic heterocycles. The van der Waals surface area contributed by atoms with Crippen LogP contribution in [-0.2, 0) is 6.42 Å². The van der Waals surface area contributed by atoms with E-state index < -0.39 is 0 Å². The van der Waals surface area contributed by atoms with Crippen LogP contribution in [0.15, 0.2) is 84.9 Å². The fraction of sp³-hybridized carbons (Fsp3) is 0.154. The Morgan fingerprint density at radius 2 is 1.36 bits per heavy atom. The van der Waals surface area contributed by atoms with Crippen LogP contribution in [0, 0.1) is 0 Å². The van der Waals surface area contributed by atoms with Crippen molar-refractivity contribution in [3.8, 4) is 22.6 Å². The van der Waals surface area contributed by atoms with Crippen molar-refractivity contribution in [2.24, 2.45) is 0 Å². The lowest BCUT2D eigenvalue weighted by Crippen LogP contribution is -2.02. The lowest BCUT2D eigenvalue weighted by molar-refractivity contribution is 0.451. The Hall–Kier alpha value is -3.26. The molecule has 4 aromatic rings. The Bertz CT molecular complexity index is 1080. The Kier molecular flexibility index (Phi) is 5.03. The summed E-state index contributed by atoms with van der Waals surface area (Å²) in [4.78, 5) is 0. The summed E-state index contributed by atoms with van der Waals surface area (Å²) in [6.07, 6.45) is 2.01. The maximum absolute atomic E-state index is 9.91. The van der Waals surface area contributed by atoms with Crippen molar-refractivity contribution < 1.29 is 10.2 Å². The van der Waals surface area contributed by atoms with Crippen molar-refractivity contribution in [2.75, 3.05) is 0 Å². The predicted octanol–water partition coefficient (Wildman–Crippen LogP) is 6.65. The third kappa shape index (κ3) is 3.72. The van der Waals surface area contributed by atoms with Gasteiger partial charge in [-0.3, -0.25) is 0 Å². The Morgan fingerprint density at radius 1 is 0.714 bits per heavy atom. The van der Waals surface area contributed by atoms with Gasteiger partial charge in [0.1, 0.15) is 11.5 Å². The molecule has 0 aliphatic heterocycles. The summed E-state index contributed by atoms with van der Waals surface area (Å²) >= 11 is 0. The average Bonchev–Trinajstić information content (AvgIpc) is 2.71. The van der Waals surface area contributed by atoms with E-state index in [0.29, 0.717) is 5.92 Å². The summed E-state index contributed by atoms with van der Waals surface area (Å²) in [6, 6.07) is 28.1. The fourth-order valence-electron chi connectivity index (χ4n) is 3.98. The molecule has 0 fully saturated rings. The number of hydrogen-bond acceptors (Lipinski definition) is 2. The minimum atomic E-state index is 0.0698. The van der Waals surface area contributed by atoms with Gasteiger partial charge < -0.3 is 10.2 Å². The molecular formula is C26H24O2. The highest BCUT2D eigenvalue weighted by atomic mass is 16.3. The van der Waals surface area contributed by atoms with Crippen LogP contribution in [0.1, 0.15) is 30.4 Å². The fourth-order valence-corrected chi connectivity index (χ4v) is 3.98. The third-order valence-electron chi connectivity index (χ3n) is 5.41. The molecule has 0 saturated carbocycles. The Morgan fingerprint density at radius 3 is 2.07 bits per heavy atom. The molecular weight excluding hydrogens is 344 g/mol.